The monoisotopic (exact) mass is 542 g/mol. The highest BCUT2D eigenvalue weighted by Crippen LogP contribution is 2.44. The van der Waals surface area contributed by atoms with Gasteiger partial charge in [0.05, 0.1) is 6.42 Å². The number of carbonyl (C=O) groups is 3. The molecule has 2 N–H and O–H groups in total. The van der Waals surface area contributed by atoms with Crippen molar-refractivity contribution < 1.29 is 24.2 Å². The van der Waals surface area contributed by atoms with Gasteiger partial charge in [0, 0.05) is 32.0 Å². The Morgan fingerprint density at radius 1 is 0.900 bits per heavy atom. The smallest absolute Gasteiger partial charge is 0.407 e. The van der Waals surface area contributed by atoms with Gasteiger partial charge in [-0.25, -0.2) is 4.79 Å². The van der Waals surface area contributed by atoms with Crippen LogP contribution in [-0.4, -0.2) is 47.7 Å². The normalized spacial score (nSPS) is 12.9. The first-order chi connectivity index (χ1) is 19.3. The number of carboxylic acid groups (broad SMARTS) is 1. The van der Waals surface area contributed by atoms with Crippen molar-refractivity contribution in [1.82, 2.24) is 10.2 Å². The minimum Gasteiger partial charge on any atom is -0.481 e. The van der Waals surface area contributed by atoms with Crippen LogP contribution < -0.4 is 5.32 Å². The number of nitrogens with one attached hydrogen (secondary N) is 1. The van der Waals surface area contributed by atoms with E-state index in [2.05, 4.69) is 43.4 Å². The molecule has 1 unspecified atom stereocenters. The SMILES string of the molecule is CC(C)CC(CNC(=O)OCC1c2ccccc2-c2ccccc21)CC(=O)N(CCC(=O)O)Cc1ccccc1. The average Bonchev–Trinajstić information content (AvgIpc) is 3.26. The van der Waals surface area contributed by atoms with Crippen molar-refractivity contribution >= 4 is 18.0 Å². The first kappa shape index (κ1) is 28.9. The predicted octanol–water partition coefficient (Wildman–Crippen LogP) is 6.08. The molecule has 0 spiro atoms. The Bertz CT molecular complexity index is 1260. The van der Waals surface area contributed by atoms with E-state index in [0.717, 1.165) is 23.1 Å². The molecule has 1 atom stereocenters. The molecule has 1 aliphatic carbocycles. The number of nitrogens with zero attached hydrogens (tertiary/aromatic N) is 1. The van der Waals surface area contributed by atoms with E-state index in [1.165, 1.54) is 11.1 Å². The number of amides is 2. The predicted molar refractivity (Wildman–Crippen MR) is 155 cm³/mol. The Hall–Kier alpha value is -4.13. The van der Waals surface area contributed by atoms with Crippen molar-refractivity contribution in [2.45, 2.75) is 45.6 Å². The largest absolute Gasteiger partial charge is 0.481 e. The minimum atomic E-state index is -0.943. The van der Waals surface area contributed by atoms with E-state index in [9.17, 15) is 19.5 Å². The summed E-state index contributed by atoms with van der Waals surface area (Å²) in [4.78, 5) is 38.9. The molecule has 0 saturated carbocycles. The third kappa shape index (κ3) is 7.72. The van der Waals surface area contributed by atoms with Crippen LogP contribution >= 0.6 is 0 Å². The maximum atomic E-state index is 13.3. The maximum absolute atomic E-state index is 13.3. The highest BCUT2D eigenvalue weighted by molar-refractivity contribution is 5.79. The Kier molecular flexibility index (Phi) is 9.95. The summed E-state index contributed by atoms with van der Waals surface area (Å²) in [6.45, 7) is 5.18. The molecular weight excluding hydrogens is 504 g/mol. The van der Waals surface area contributed by atoms with E-state index >= 15 is 0 Å². The summed E-state index contributed by atoms with van der Waals surface area (Å²) in [6, 6.07) is 25.9. The molecule has 4 rings (SSSR count). The molecule has 2 amide bonds. The van der Waals surface area contributed by atoms with Gasteiger partial charge in [-0.1, -0.05) is 92.7 Å². The van der Waals surface area contributed by atoms with E-state index in [1.54, 1.807) is 4.90 Å². The Morgan fingerprint density at radius 3 is 2.10 bits per heavy atom. The second-order valence-corrected chi connectivity index (χ2v) is 10.9. The van der Waals surface area contributed by atoms with Gasteiger partial charge in [0.15, 0.2) is 0 Å². The zero-order valence-electron chi connectivity index (χ0n) is 23.2. The van der Waals surface area contributed by atoms with Crippen LogP contribution in [-0.2, 0) is 20.9 Å². The second-order valence-electron chi connectivity index (χ2n) is 10.9. The maximum Gasteiger partial charge on any atom is 0.407 e. The summed E-state index contributed by atoms with van der Waals surface area (Å²) in [6.07, 6.45) is 0.336. The van der Waals surface area contributed by atoms with Crippen LogP contribution in [0, 0.1) is 11.8 Å². The minimum absolute atomic E-state index is 0.0213. The van der Waals surface area contributed by atoms with E-state index in [-0.39, 0.29) is 43.7 Å². The molecule has 0 saturated heterocycles. The molecule has 0 radical (unpaired) electrons. The van der Waals surface area contributed by atoms with Crippen LogP contribution in [0.5, 0.6) is 0 Å². The number of carboxylic acids is 1. The number of carbonyl (C=O) groups excluding carboxylic acids is 2. The number of hydrogen-bond acceptors (Lipinski definition) is 4. The third-order valence-electron chi connectivity index (χ3n) is 7.31. The highest BCUT2D eigenvalue weighted by atomic mass is 16.5. The zero-order chi connectivity index (χ0) is 28.5. The summed E-state index contributed by atoms with van der Waals surface area (Å²) in [5, 5.41) is 12.1. The van der Waals surface area contributed by atoms with E-state index < -0.39 is 12.1 Å². The zero-order valence-corrected chi connectivity index (χ0v) is 23.2. The van der Waals surface area contributed by atoms with Crippen molar-refractivity contribution in [2.75, 3.05) is 19.7 Å². The van der Waals surface area contributed by atoms with Gasteiger partial charge in [-0.3, -0.25) is 9.59 Å². The van der Waals surface area contributed by atoms with Gasteiger partial charge in [-0.2, -0.15) is 0 Å². The van der Waals surface area contributed by atoms with Crippen molar-refractivity contribution in [3.63, 3.8) is 0 Å². The fourth-order valence-electron chi connectivity index (χ4n) is 5.49. The Balaban J connectivity index is 1.35. The molecule has 0 heterocycles. The molecule has 7 nitrogen and oxygen atoms in total. The summed E-state index contributed by atoms with van der Waals surface area (Å²) in [7, 11) is 0. The lowest BCUT2D eigenvalue weighted by Crippen LogP contribution is -2.37. The van der Waals surface area contributed by atoms with Crippen LogP contribution in [0.1, 0.15) is 55.7 Å². The van der Waals surface area contributed by atoms with Crippen LogP contribution in [0.2, 0.25) is 0 Å². The summed E-state index contributed by atoms with van der Waals surface area (Å²) >= 11 is 0. The van der Waals surface area contributed by atoms with Crippen LogP contribution in [0.3, 0.4) is 0 Å². The molecule has 3 aromatic carbocycles. The van der Waals surface area contributed by atoms with Gasteiger partial charge >= 0.3 is 12.1 Å². The number of rotatable bonds is 13. The number of fused-ring (bicyclic) bond motifs is 3. The van der Waals surface area contributed by atoms with Gasteiger partial charge in [0.25, 0.3) is 0 Å². The van der Waals surface area contributed by atoms with Crippen LogP contribution in [0.15, 0.2) is 78.9 Å². The molecule has 7 heteroatoms. The lowest BCUT2D eigenvalue weighted by molar-refractivity contribution is -0.139. The van der Waals surface area contributed by atoms with Crippen molar-refractivity contribution in [3.8, 4) is 11.1 Å². The Labute approximate surface area is 236 Å². The molecule has 210 valence electrons. The van der Waals surface area contributed by atoms with Crippen molar-refractivity contribution in [2.24, 2.45) is 11.8 Å². The second kappa shape index (κ2) is 13.8. The van der Waals surface area contributed by atoms with Gasteiger partial charge in [0.1, 0.15) is 6.61 Å². The average molecular weight is 543 g/mol. The molecular formula is C33H38N2O5. The summed E-state index contributed by atoms with van der Waals surface area (Å²) in [5.74, 6) is -0.863. The van der Waals surface area contributed by atoms with E-state index in [0.29, 0.717) is 19.0 Å². The summed E-state index contributed by atoms with van der Waals surface area (Å²) < 4.78 is 5.68. The fourth-order valence-corrected chi connectivity index (χ4v) is 5.49. The van der Waals surface area contributed by atoms with Gasteiger partial charge in [-0.05, 0) is 46.1 Å². The lowest BCUT2D eigenvalue weighted by Gasteiger charge is -2.26. The first-order valence-electron chi connectivity index (χ1n) is 13.9. The quantitative estimate of drug-likeness (QED) is 0.273. The van der Waals surface area contributed by atoms with Gasteiger partial charge in [0.2, 0.25) is 5.91 Å². The molecule has 3 aromatic rings. The van der Waals surface area contributed by atoms with Crippen LogP contribution in [0.25, 0.3) is 11.1 Å². The number of benzene rings is 3. The van der Waals surface area contributed by atoms with Gasteiger partial charge < -0.3 is 20.1 Å². The third-order valence-corrected chi connectivity index (χ3v) is 7.31. The molecule has 0 bridgehead atoms. The number of alkyl carbamates (subject to hydrolysis) is 1. The molecule has 0 fully saturated rings. The number of ether oxygens (including phenoxy) is 1. The first-order valence-corrected chi connectivity index (χ1v) is 13.9. The molecule has 0 aliphatic heterocycles. The lowest BCUT2D eigenvalue weighted by atomic mass is 9.93. The van der Waals surface area contributed by atoms with Crippen LogP contribution in [0.4, 0.5) is 4.79 Å². The van der Waals surface area contributed by atoms with Crippen molar-refractivity contribution in [1.29, 1.82) is 0 Å². The number of hydrogen-bond donors (Lipinski definition) is 2. The molecule has 0 aromatic heterocycles. The highest BCUT2D eigenvalue weighted by Gasteiger charge is 2.29. The van der Waals surface area contributed by atoms with Gasteiger partial charge in [-0.15, -0.1) is 0 Å². The molecule has 40 heavy (non-hydrogen) atoms. The number of aliphatic carboxylic acids is 1. The van der Waals surface area contributed by atoms with E-state index in [1.807, 2.05) is 54.6 Å². The van der Waals surface area contributed by atoms with E-state index in [4.69, 9.17) is 4.74 Å². The Morgan fingerprint density at radius 2 is 1.50 bits per heavy atom. The molecule has 1 aliphatic rings. The topological polar surface area (TPSA) is 95.9 Å². The van der Waals surface area contributed by atoms with Crippen molar-refractivity contribution in [3.05, 3.63) is 95.6 Å². The summed E-state index contributed by atoms with van der Waals surface area (Å²) in [5.41, 5.74) is 5.59. The standard InChI is InChI=1S/C33H38N2O5/c1-23(2)18-25(19-31(36)35(17-16-32(37)38)21-24-10-4-3-5-11-24)20-34-33(39)40-22-30-28-14-8-6-12-26(28)27-13-7-9-15-29(27)30/h3-15,23,25,30H,16-22H2,1-2H3,(H,34,39)(H,37,38). The fraction of sp³-hybridized carbons (Fsp3) is 0.364.